The van der Waals surface area contributed by atoms with Crippen molar-refractivity contribution in [1.29, 1.82) is 0 Å². The number of likely N-dealkylation sites (tertiary alicyclic amines) is 1. The van der Waals surface area contributed by atoms with Gasteiger partial charge in [0, 0.05) is 18.4 Å². The first-order valence-corrected chi connectivity index (χ1v) is 9.39. The standard InChI is InChI=1S/C19H29N5O3/c1-14(18(26)23-19(27)20-2)21-15-7-9-16(10-8-15)22-17(25)13-24-11-5-3-4-6-12-24/h7-10,14,21H,3-6,11-13H2,1-2H3,(H,22,25)(H2,20,23,26,27)/t14-/m1/s1. The number of urea groups is 1. The highest BCUT2D eigenvalue weighted by Gasteiger charge is 2.15. The van der Waals surface area contributed by atoms with Crippen LogP contribution in [0.2, 0.25) is 0 Å². The summed E-state index contributed by atoms with van der Waals surface area (Å²) in [5.41, 5.74) is 1.43. The Morgan fingerprint density at radius 1 is 1.00 bits per heavy atom. The van der Waals surface area contributed by atoms with Crippen molar-refractivity contribution in [3.05, 3.63) is 24.3 Å². The van der Waals surface area contributed by atoms with E-state index in [1.54, 1.807) is 31.2 Å². The SMILES string of the molecule is CNC(=O)NC(=O)[C@@H](C)Nc1ccc(NC(=O)CN2CCCCCC2)cc1. The summed E-state index contributed by atoms with van der Waals surface area (Å²) in [4.78, 5) is 37.4. The third-order valence-corrected chi connectivity index (χ3v) is 4.47. The average molecular weight is 375 g/mol. The fraction of sp³-hybridized carbons (Fsp3) is 0.526. The molecule has 1 aliphatic rings. The lowest BCUT2D eigenvalue weighted by atomic mass is 10.2. The van der Waals surface area contributed by atoms with Gasteiger partial charge in [-0.25, -0.2) is 4.79 Å². The number of nitrogens with one attached hydrogen (secondary N) is 4. The van der Waals surface area contributed by atoms with E-state index in [1.807, 2.05) is 0 Å². The van der Waals surface area contributed by atoms with Gasteiger partial charge in [-0.2, -0.15) is 0 Å². The third kappa shape index (κ3) is 7.26. The second-order valence-electron chi connectivity index (χ2n) is 6.75. The second kappa shape index (κ2) is 10.5. The number of benzene rings is 1. The first kappa shape index (κ1) is 20.7. The molecule has 1 aromatic carbocycles. The molecule has 27 heavy (non-hydrogen) atoms. The molecule has 148 valence electrons. The highest BCUT2D eigenvalue weighted by Crippen LogP contribution is 2.15. The second-order valence-corrected chi connectivity index (χ2v) is 6.75. The molecule has 1 heterocycles. The lowest BCUT2D eigenvalue weighted by Crippen LogP contribution is -2.44. The Labute approximate surface area is 160 Å². The predicted octanol–water partition coefficient (Wildman–Crippen LogP) is 1.76. The molecule has 1 aromatic rings. The molecule has 4 N–H and O–H groups in total. The number of anilines is 2. The molecule has 1 aliphatic heterocycles. The molecule has 1 atom stereocenters. The van der Waals surface area contributed by atoms with Crippen molar-refractivity contribution < 1.29 is 14.4 Å². The lowest BCUT2D eigenvalue weighted by molar-refractivity contribution is -0.120. The van der Waals surface area contributed by atoms with E-state index in [9.17, 15) is 14.4 Å². The van der Waals surface area contributed by atoms with Gasteiger partial charge in [0.05, 0.1) is 6.54 Å². The summed E-state index contributed by atoms with van der Waals surface area (Å²) in [5, 5.41) is 10.5. The summed E-state index contributed by atoms with van der Waals surface area (Å²) in [6, 6.07) is 6.01. The molecule has 8 nitrogen and oxygen atoms in total. The quantitative estimate of drug-likeness (QED) is 0.607. The van der Waals surface area contributed by atoms with Crippen molar-refractivity contribution in [2.45, 2.75) is 38.6 Å². The molecule has 0 aromatic heterocycles. The Balaban J connectivity index is 1.80. The maximum atomic E-state index is 12.2. The number of carbonyl (C=O) groups is 3. The molecule has 0 radical (unpaired) electrons. The van der Waals surface area contributed by atoms with Gasteiger partial charge in [-0.3, -0.25) is 19.8 Å². The van der Waals surface area contributed by atoms with Crippen LogP contribution in [0.5, 0.6) is 0 Å². The Morgan fingerprint density at radius 3 is 2.19 bits per heavy atom. The zero-order valence-corrected chi connectivity index (χ0v) is 16.0. The zero-order chi connectivity index (χ0) is 19.6. The lowest BCUT2D eigenvalue weighted by Gasteiger charge is -2.19. The van der Waals surface area contributed by atoms with Crippen LogP contribution < -0.4 is 21.3 Å². The maximum absolute atomic E-state index is 12.2. The fourth-order valence-corrected chi connectivity index (χ4v) is 2.95. The fourth-order valence-electron chi connectivity index (χ4n) is 2.95. The largest absolute Gasteiger partial charge is 0.374 e. The van der Waals surface area contributed by atoms with E-state index in [1.165, 1.54) is 19.9 Å². The summed E-state index contributed by atoms with van der Waals surface area (Å²) >= 11 is 0. The van der Waals surface area contributed by atoms with Crippen LogP contribution in [0.15, 0.2) is 24.3 Å². The van der Waals surface area contributed by atoms with Crippen molar-refractivity contribution in [2.24, 2.45) is 0 Å². The molecule has 0 spiro atoms. The van der Waals surface area contributed by atoms with E-state index in [0.29, 0.717) is 12.2 Å². The Morgan fingerprint density at radius 2 is 1.59 bits per heavy atom. The molecule has 0 unspecified atom stereocenters. The minimum Gasteiger partial charge on any atom is -0.374 e. The van der Waals surface area contributed by atoms with E-state index in [-0.39, 0.29) is 5.91 Å². The summed E-state index contributed by atoms with van der Waals surface area (Å²) in [7, 11) is 1.45. The zero-order valence-electron chi connectivity index (χ0n) is 16.0. The van der Waals surface area contributed by atoms with E-state index in [4.69, 9.17) is 0 Å². The average Bonchev–Trinajstić information content (AvgIpc) is 2.91. The Kier molecular flexibility index (Phi) is 8.06. The van der Waals surface area contributed by atoms with Gasteiger partial charge in [0.2, 0.25) is 11.8 Å². The van der Waals surface area contributed by atoms with Gasteiger partial charge < -0.3 is 16.0 Å². The minimum absolute atomic E-state index is 0.0177. The van der Waals surface area contributed by atoms with Gasteiger partial charge in [0.25, 0.3) is 0 Å². The van der Waals surface area contributed by atoms with E-state index < -0.39 is 18.0 Å². The van der Waals surface area contributed by atoms with E-state index in [0.717, 1.165) is 31.6 Å². The van der Waals surface area contributed by atoms with Crippen molar-refractivity contribution >= 4 is 29.2 Å². The van der Waals surface area contributed by atoms with Crippen molar-refractivity contribution in [2.75, 3.05) is 37.3 Å². The van der Waals surface area contributed by atoms with Gasteiger partial charge in [0.15, 0.2) is 0 Å². The van der Waals surface area contributed by atoms with Crippen molar-refractivity contribution in [1.82, 2.24) is 15.5 Å². The molecule has 0 aliphatic carbocycles. The summed E-state index contributed by atoms with van der Waals surface area (Å²) in [6.45, 7) is 4.03. The van der Waals surface area contributed by atoms with Gasteiger partial charge in [-0.1, -0.05) is 12.8 Å². The normalized spacial score (nSPS) is 15.9. The van der Waals surface area contributed by atoms with Crippen LogP contribution in [-0.2, 0) is 9.59 Å². The number of carbonyl (C=O) groups excluding carboxylic acids is 3. The summed E-state index contributed by atoms with van der Waals surface area (Å²) in [6.07, 6.45) is 4.79. The molecule has 8 heteroatoms. The van der Waals surface area contributed by atoms with Gasteiger partial charge >= 0.3 is 6.03 Å². The number of hydrogen-bond donors (Lipinski definition) is 4. The number of nitrogens with zero attached hydrogens (tertiary/aromatic N) is 1. The Bertz CT molecular complexity index is 639. The highest BCUT2D eigenvalue weighted by molar-refractivity contribution is 5.98. The van der Waals surface area contributed by atoms with Crippen LogP contribution in [0, 0.1) is 0 Å². The van der Waals surface area contributed by atoms with Crippen LogP contribution in [0.1, 0.15) is 32.6 Å². The van der Waals surface area contributed by atoms with Crippen LogP contribution in [0.3, 0.4) is 0 Å². The van der Waals surface area contributed by atoms with Gasteiger partial charge in [0.1, 0.15) is 6.04 Å². The number of imide groups is 1. The molecular weight excluding hydrogens is 346 g/mol. The molecule has 1 saturated heterocycles. The highest BCUT2D eigenvalue weighted by atomic mass is 16.2. The Hall–Kier alpha value is -2.61. The third-order valence-electron chi connectivity index (χ3n) is 4.47. The molecule has 2 rings (SSSR count). The maximum Gasteiger partial charge on any atom is 0.321 e. The monoisotopic (exact) mass is 375 g/mol. The predicted molar refractivity (Wildman–Crippen MR) is 106 cm³/mol. The summed E-state index contributed by atoms with van der Waals surface area (Å²) in [5.74, 6) is -0.444. The number of hydrogen-bond acceptors (Lipinski definition) is 5. The van der Waals surface area contributed by atoms with E-state index in [2.05, 4.69) is 26.2 Å². The van der Waals surface area contributed by atoms with Crippen LogP contribution in [0.4, 0.5) is 16.2 Å². The van der Waals surface area contributed by atoms with Crippen LogP contribution in [0.25, 0.3) is 0 Å². The van der Waals surface area contributed by atoms with Gasteiger partial charge in [-0.15, -0.1) is 0 Å². The first-order chi connectivity index (χ1) is 13.0. The molecule has 4 amide bonds. The molecule has 0 saturated carbocycles. The number of amides is 4. The molecular formula is C19H29N5O3. The number of rotatable bonds is 6. The molecule has 0 bridgehead atoms. The van der Waals surface area contributed by atoms with Crippen LogP contribution >= 0.6 is 0 Å². The van der Waals surface area contributed by atoms with E-state index >= 15 is 0 Å². The first-order valence-electron chi connectivity index (χ1n) is 9.39. The molecule has 1 fully saturated rings. The summed E-state index contributed by atoms with van der Waals surface area (Å²) < 4.78 is 0. The van der Waals surface area contributed by atoms with Gasteiger partial charge in [-0.05, 0) is 57.1 Å². The van der Waals surface area contributed by atoms with Crippen molar-refractivity contribution in [3.63, 3.8) is 0 Å². The topological polar surface area (TPSA) is 103 Å². The smallest absolute Gasteiger partial charge is 0.321 e. The van der Waals surface area contributed by atoms with Crippen LogP contribution in [-0.4, -0.2) is 55.5 Å². The minimum atomic E-state index is -0.578. The van der Waals surface area contributed by atoms with Crippen molar-refractivity contribution in [3.8, 4) is 0 Å².